The van der Waals surface area contributed by atoms with Crippen LogP contribution >= 0.6 is 0 Å². The summed E-state index contributed by atoms with van der Waals surface area (Å²) >= 11 is 0. The van der Waals surface area contributed by atoms with E-state index in [9.17, 15) is 127 Å². The number of carbonyl (C=O) groups excluding carboxylic acids is 6. The number of carboxylic acids is 12. The van der Waals surface area contributed by atoms with E-state index >= 15 is 0 Å². The van der Waals surface area contributed by atoms with Crippen molar-refractivity contribution >= 4 is 107 Å². The van der Waals surface area contributed by atoms with Crippen molar-refractivity contribution in [2.24, 2.45) is 5.73 Å². The summed E-state index contributed by atoms with van der Waals surface area (Å²) in [5.41, 5.74) is 6.15. The van der Waals surface area contributed by atoms with Gasteiger partial charge in [-0.25, -0.2) is 0 Å². The molecule has 0 bridgehead atoms. The van der Waals surface area contributed by atoms with E-state index in [1.807, 2.05) is 0 Å². The van der Waals surface area contributed by atoms with Crippen LogP contribution in [0.4, 0.5) is 0 Å². The zero-order valence-electron chi connectivity index (χ0n) is 52.3. The van der Waals surface area contributed by atoms with Crippen LogP contribution in [0, 0.1) is 0 Å². The highest BCUT2D eigenvalue weighted by Crippen LogP contribution is 2.15. The zero-order chi connectivity index (χ0) is 73.2. The maximum atomic E-state index is 13.6. The van der Waals surface area contributed by atoms with E-state index in [2.05, 4.69) is 31.9 Å². The summed E-state index contributed by atoms with van der Waals surface area (Å²) in [6.07, 6.45) is -3.47. The molecule has 0 aliphatic carbocycles. The second-order valence-corrected chi connectivity index (χ2v) is 21.9. The number of unbranched alkanes of at least 4 members (excludes halogenated alkanes) is 4. The summed E-state index contributed by atoms with van der Waals surface area (Å²) in [7, 11) is 0. The van der Waals surface area contributed by atoms with Gasteiger partial charge in [-0.05, 0) is 96.3 Å². The largest absolute Gasteiger partial charge is 0.480 e. The van der Waals surface area contributed by atoms with Crippen molar-refractivity contribution in [1.82, 2.24) is 51.5 Å². The van der Waals surface area contributed by atoms with Gasteiger partial charge in [0.2, 0.25) is 35.4 Å². The Morgan fingerprint density at radius 1 is 0.271 bits per heavy atom. The Kier molecular flexibility index (Phi) is 42.4. The van der Waals surface area contributed by atoms with E-state index in [4.69, 9.17) is 26.2 Å². The molecule has 0 saturated carbocycles. The number of hydrogen-bond acceptors (Lipinski definition) is 23. The Morgan fingerprint density at radius 3 is 0.740 bits per heavy atom. The first kappa shape index (κ1) is 86.3. The first-order chi connectivity index (χ1) is 44.9. The molecule has 0 aliphatic rings. The molecule has 0 fully saturated rings. The third kappa shape index (κ3) is 39.7. The van der Waals surface area contributed by atoms with Gasteiger partial charge in [-0.3, -0.25) is 106 Å². The van der Waals surface area contributed by atoms with Crippen LogP contribution in [0.3, 0.4) is 0 Å². The molecule has 0 aliphatic heterocycles. The average Bonchev–Trinajstić information content (AvgIpc) is 1.27. The molecule has 0 rings (SSSR count). The molecule has 0 aromatic heterocycles. The lowest BCUT2D eigenvalue weighted by Gasteiger charge is -2.25. The fourth-order valence-corrected chi connectivity index (χ4v) is 9.55. The predicted octanol–water partition coefficient (Wildman–Crippen LogP) is -5.53. The summed E-state index contributed by atoms with van der Waals surface area (Å²) in [6.45, 7) is -7.88. The van der Waals surface area contributed by atoms with E-state index < -0.39 is 240 Å². The minimum Gasteiger partial charge on any atom is -0.480 e. The normalized spacial score (nSPS) is 13.3. The molecule has 7 atom stereocenters. The lowest BCUT2D eigenvalue weighted by Crippen LogP contribution is -2.52. The number of hydrogen-bond donors (Lipinski definition) is 19. The summed E-state index contributed by atoms with van der Waals surface area (Å²) in [5.74, 6) is -23.2. The third-order valence-corrected chi connectivity index (χ3v) is 14.1. The van der Waals surface area contributed by atoms with Gasteiger partial charge in [0, 0.05) is 45.4 Å². The van der Waals surface area contributed by atoms with E-state index in [-0.39, 0.29) is 103 Å². The minimum absolute atomic E-state index is 0.00753. The third-order valence-electron chi connectivity index (χ3n) is 14.1. The van der Waals surface area contributed by atoms with Gasteiger partial charge >= 0.3 is 71.6 Å². The van der Waals surface area contributed by atoms with Crippen LogP contribution in [0.25, 0.3) is 0 Å². The molecule has 41 heteroatoms. The number of nitrogens with zero attached hydrogens (tertiary/aromatic N) is 4. The van der Waals surface area contributed by atoms with Crippen LogP contribution in [0.2, 0.25) is 0 Å². The highest BCUT2D eigenvalue weighted by molar-refractivity contribution is 5.92. The minimum atomic E-state index is -1.60. The molecule has 0 aromatic rings. The maximum Gasteiger partial charge on any atom is 0.320 e. The molecule has 41 nitrogen and oxygen atoms in total. The Balaban J connectivity index is 6.37. The van der Waals surface area contributed by atoms with Gasteiger partial charge in [-0.2, -0.15) is 0 Å². The van der Waals surface area contributed by atoms with Crippen LogP contribution < -0.4 is 37.6 Å². The van der Waals surface area contributed by atoms with Gasteiger partial charge in [-0.15, -0.1) is 0 Å². The van der Waals surface area contributed by atoms with Crippen LogP contribution in [-0.2, 0) is 86.3 Å². The van der Waals surface area contributed by atoms with Crippen molar-refractivity contribution < 1.29 is 148 Å². The second kappa shape index (κ2) is 47.2. The highest BCUT2D eigenvalue weighted by atomic mass is 16.4. The van der Waals surface area contributed by atoms with Crippen LogP contribution in [0.5, 0.6) is 0 Å². The number of rotatable bonds is 58. The summed E-state index contributed by atoms with van der Waals surface area (Å²) in [4.78, 5) is 221. The topological polar surface area (TPSA) is 661 Å². The molecule has 0 saturated heterocycles. The molecular formula is C55H87N11O30. The fraction of sp³-hybridized carbons (Fsp3) is 0.673. The van der Waals surface area contributed by atoms with E-state index in [1.165, 1.54) is 0 Å². The van der Waals surface area contributed by atoms with Crippen molar-refractivity contribution in [1.29, 1.82) is 0 Å². The van der Waals surface area contributed by atoms with Crippen molar-refractivity contribution in [2.75, 3.05) is 78.5 Å². The Labute approximate surface area is 547 Å². The SMILES string of the molecule is N[C@@H](CCC(=O)N[C@@H](CCC(=O)NCCCC[C@@H](C(=O)O)N(CC(=O)O)CC(=O)O)C(=O)NCCCC[C@@H](C(=O)O)N(CC(=O)O)CC(=O)O)C(=O)N[C@@H](CCC(=O)NCCCC[C@@H](C(=O)O)N(CC(=O)O)CC(=O)O)C(=O)NCCCC[C@@H](C(=O)O)N(CC(=O)O)CC(=O)O. The molecule has 0 unspecified atom stereocenters. The van der Waals surface area contributed by atoms with Gasteiger partial charge in [0.15, 0.2) is 0 Å². The molecule has 542 valence electrons. The standard InChI is InChI=1S/C55H87N11O30/c56-31(49(86)62-33(51(88)60-22-8-4-12-37(55(95)96)66(29-47(82)83)30-48(84)85)15-18-39(68)58-20-6-2-10-35(53(91)92)64(25-43(74)75)26-44(76)77)13-16-40(69)61-32(50(87)59-21-7-3-11-36(54(93)94)65(27-45(78)79)28-46(80)81)14-17-38(67)57-19-5-1-9-34(52(89)90)63(23-41(70)71)24-42(72)73/h31-37H,1-30,56H2,(H,57,67)(H,58,68)(H,59,87)(H,60,88)(H,61,69)(H,62,86)(H,70,71)(H,72,73)(H,74,75)(H,76,77)(H,78,79)(H,80,81)(H,82,83)(H,84,85)(H,89,90)(H,91,92)(H,93,94)(H,95,96)/t31-,32-,33-,34-,35-,36-,37-/m0/s1. The van der Waals surface area contributed by atoms with Crippen molar-refractivity contribution in [2.45, 2.75) is 158 Å². The number of carbonyl (C=O) groups is 18. The van der Waals surface area contributed by atoms with E-state index in [0.717, 1.165) is 9.80 Å². The Morgan fingerprint density at radius 2 is 0.500 bits per heavy atom. The fourth-order valence-electron chi connectivity index (χ4n) is 9.55. The van der Waals surface area contributed by atoms with Crippen LogP contribution in [0.1, 0.15) is 116 Å². The van der Waals surface area contributed by atoms with E-state index in [0.29, 0.717) is 9.80 Å². The van der Waals surface area contributed by atoms with Gasteiger partial charge in [0.1, 0.15) is 36.3 Å². The molecule has 96 heavy (non-hydrogen) atoms. The molecule has 0 radical (unpaired) electrons. The number of aliphatic carboxylic acids is 12. The van der Waals surface area contributed by atoms with Crippen LogP contribution in [-0.4, -0.2) is 309 Å². The highest BCUT2D eigenvalue weighted by Gasteiger charge is 2.34. The Bertz CT molecular complexity index is 2640. The lowest BCUT2D eigenvalue weighted by molar-refractivity contribution is -0.152. The number of amides is 6. The van der Waals surface area contributed by atoms with Gasteiger partial charge < -0.3 is 98.9 Å². The first-order valence-corrected chi connectivity index (χ1v) is 30.0. The monoisotopic (exact) mass is 1380 g/mol. The maximum absolute atomic E-state index is 13.6. The second-order valence-electron chi connectivity index (χ2n) is 21.9. The number of carboxylic acid groups (broad SMARTS) is 12. The zero-order valence-corrected chi connectivity index (χ0v) is 52.3. The molecule has 20 N–H and O–H groups in total. The summed E-state index contributed by atoms with van der Waals surface area (Å²) in [6, 6.07) is -10.8. The quantitative estimate of drug-likeness (QED) is 0.0253. The lowest BCUT2D eigenvalue weighted by atomic mass is 10.1. The van der Waals surface area contributed by atoms with Crippen molar-refractivity contribution in [3.63, 3.8) is 0 Å². The molecule has 6 amide bonds. The first-order valence-electron chi connectivity index (χ1n) is 30.0. The summed E-state index contributed by atoms with van der Waals surface area (Å²) in [5, 5.41) is 127. The van der Waals surface area contributed by atoms with Gasteiger partial charge in [-0.1, -0.05) is 0 Å². The molecular weight excluding hydrogens is 1290 g/mol. The van der Waals surface area contributed by atoms with Crippen molar-refractivity contribution in [3.8, 4) is 0 Å². The van der Waals surface area contributed by atoms with Gasteiger partial charge in [0.05, 0.1) is 58.4 Å². The number of nitrogens with one attached hydrogen (secondary N) is 6. The Hall–Kier alpha value is -9.74. The van der Waals surface area contributed by atoms with E-state index in [1.54, 1.807) is 0 Å². The summed E-state index contributed by atoms with van der Waals surface area (Å²) < 4.78 is 0. The average molecular weight is 1380 g/mol. The smallest absolute Gasteiger partial charge is 0.320 e. The molecule has 0 aromatic carbocycles. The predicted molar refractivity (Wildman–Crippen MR) is 320 cm³/mol. The van der Waals surface area contributed by atoms with Crippen LogP contribution in [0.15, 0.2) is 0 Å². The van der Waals surface area contributed by atoms with Crippen molar-refractivity contribution in [3.05, 3.63) is 0 Å². The number of nitrogens with two attached hydrogens (primary N) is 1. The molecule has 0 heterocycles. The molecule has 0 spiro atoms. The van der Waals surface area contributed by atoms with Gasteiger partial charge in [0.25, 0.3) is 0 Å².